The van der Waals surface area contributed by atoms with Gasteiger partial charge in [-0.1, -0.05) is 22.9 Å². The number of hydrogen-bond donors (Lipinski definition) is 1. The number of unbranched alkanes of at least 4 members (excludes halogenated alkanes) is 1. The van der Waals surface area contributed by atoms with E-state index in [4.69, 9.17) is 0 Å². The first-order valence-electron chi connectivity index (χ1n) is 5.07. The minimum Gasteiger partial charge on any atom is -0.353 e. The molecule has 1 amide bonds. The Morgan fingerprint density at radius 1 is 1.46 bits per heavy atom. The fraction of sp³-hybridized carbons (Fsp3) is 0.900. The van der Waals surface area contributed by atoms with Crippen molar-refractivity contribution in [2.24, 2.45) is 5.92 Å². The van der Waals surface area contributed by atoms with Gasteiger partial charge >= 0.3 is 0 Å². The van der Waals surface area contributed by atoms with Crippen LogP contribution in [0.2, 0.25) is 0 Å². The largest absolute Gasteiger partial charge is 0.353 e. The van der Waals surface area contributed by atoms with Gasteiger partial charge in [-0.3, -0.25) is 4.79 Å². The molecule has 76 valence electrons. The van der Waals surface area contributed by atoms with Crippen LogP contribution in [0.5, 0.6) is 0 Å². The van der Waals surface area contributed by atoms with Crippen molar-refractivity contribution in [3.05, 3.63) is 0 Å². The summed E-state index contributed by atoms with van der Waals surface area (Å²) in [5, 5.41) is 4.05. The molecule has 13 heavy (non-hydrogen) atoms. The second kappa shape index (κ2) is 5.63. The van der Waals surface area contributed by atoms with Crippen LogP contribution in [-0.4, -0.2) is 17.3 Å². The molecule has 0 saturated heterocycles. The molecule has 0 aromatic rings. The van der Waals surface area contributed by atoms with Gasteiger partial charge in [0.05, 0.1) is 0 Å². The van der Waals surface area contributed by atoms with Gasteiger partial charge < -0.3 is 5.32 Å². The molecule has 0 heterocycles. The summed E-state index contributed by atoms with van der Waals surface area (Å²) < 4.78 is 0. The lowest BCUT2D eigenvalue weighted by molar-refractivity contribution is -0.122. The fourth-order valence-corrected chi connectivity index (χ4v) is 2.10. The Morgan fingerprint density at radius 3 is 2.69 bits per heavy atom. The highest BCUT2D eigenvalue weighted by Gasteiger charge is 2.26. The molecule has 1 N–H and O–H groups in total. The van der Waals surface area contributed by atoms with Crippen molar-refractivity contribution in [1.82, 2.24) is 5.32 Å². The zero-order valence-electron chi connectivity index (χ0n) is 8.18. The lowest BCUT2D eigenvalue weighted by Crippen LogP contribution is -2.43. The van der Waals surface area contributed by atoms with E-state index in [0.29, 0.717) is 12.5 Å². The first-order chi connectivity index (χ1) is 6.22. The summed E-state index contributed by atoms with van der Waals surface area (Å²) in [6, 6.07) is 0.478. The van der Waals surface area contributed by atoms with E-state index in [1.165, 1.54) is 12.8 Å². The Balaban J connectivity index is 1.98. The van der Waals surface area contributed by atoms with E-state index in [9.17, 15) is 4.79 Å². The van der Waals surface area contributed by atoms with Crippen LogP contribution >= 0.6 is 15.9 Å². The molecule has 0 aromatic carbocycles. The second-order valence-electron chi connectivity index (χ2n) is 3.99. The number of rotatable bonds is 5. The summed E-state index contributed by atoms with van der Waals surface area (Å²) in [6.45, 7) is 2.23. The zero-order valence-corrected chi connectivity index (χ0v) is 9.77. The molecule has 0 radical (unpaired) electrons. The minimum atomic E-state index is 0.234. The number of halogens is 1. The Kier molecular flexibility index (Phi) is 4.78. The highest BCUT2D eigenvalue weighted by atomic mass is 79.9. The molecule has 0 atom stereocenters. The standard InChI is InChI=1S/C10H18BrNO/c1-8-6-9(7-8)12-10(13)4-2-3-5-11/h8-9H,2-7H2,1H3,(H,12,13). The SMILES string of the molecule is CC1CC(NC(=O)CCCCBr)C1. The molecule has 3 heteroatoms. The number of carbonyl (C=O) groups excluding carboxylic acids is 1. The van der Waals surface area contributed by atoms with Gasteiger partial charge in [-0.25, -0.2) is 0 Å². The molecular weight excluding hydrogens is 230 g/mol. The van der Waals surface area contributed by atoms with Crippen LogP contribution in [0.15, 0.2) is 0 Å². The first kappa shape index (κ1) is 11.0. The van der Waals surface area contributed by atoms with E-state index in [0.717, 1.165) is 24.1 Å². The summed E-state index contributed by atoms with van der Waals surface area (Å²) >= 11 is 3.35. The van der Waals surface area contributed by atoms with Crippen LogP contribution in [0.1, 0.15) is 39.0 Å². The van der Waals surface area contributed by atoms with Crippen molar-refractivity contribution in [3.63, 3.8) is 0 Å². The Morgan fingerprint density at radius 2 is 2.15 bits per heavy atom. The van der Waals surface area contributed by atoms with Crippen LogP contribution < -0.4 is 5.32 Å². The van der Waals surface area contributed by atoms with E-state index < -0.39 is 0 Å². The summed E-state index contributed by atoms with van der Waals surface area (Å²) in [5.74, 6) is 1.05. The molecule has 1 rings (SSSR count). The van der Waals surface area contributed by atoms with Crippen molar-refractivity contribution in [2.45, 2.75) is 45.1 Å². The van der Waals surface area contributed by atoms with E-state index in [-0.39, 0.29) is 5.91 Å². The quantitative estimate of drug-likeness (QED) is 0.587. The maximum absolute atomic E-state index is 11.3. The normalized spacial score (nSPS) is 26.6. The van der Waals surface area contributed by atoms with Crippen molar-refractivity contribution in [2.75, 3.05) is 5.33 Å². The Labute approximate surface area is 88.6 Å². The first-order valence-corrected chi connectivity index (χ1v) is 6.20. The number of amides is 1. The zero-order chi connectivity index (χ0) is 9.68. The van der Waals surface area contributed by atoms with Crippen molar-refractivity contribution < 1.29 is 4.79 Å². The average molecular weight is 248 g/mol. The summed E-state index contributed by atoms with van der Waals surface area (Å²) in [6.07, 6.45) is 5.12. The van der Waals surface area contributed by atoms with E-state index in [1.807, 2.05) is 0 Å². The van der Waals surface area contributed by atoms with Gasteiger partial charge in [-0.2, -0.15) is 0 Å². The van der Waals surface area contributed by atoms with Crippen LogP contribution in [0, 0.1) is 5.92 Å². The third-order valence-corrected chi connectivity index (χ3v) is 3.09. The third kappa shape index (κ3) is 4.12. The molecule has 0 unspecified atom stereocenters. The van der Waals surface area contributed by atoms with E-state index >= 15 is 0 Å². The summed E-state index contributed by atoms with van der Waals surface area (Å²) in [5.41, 5.74) is 0. The number of nitrogens with one attached hydrogen (secondary N) is 1. The minimum absolute atomic E-state index is 0.234. The highest BCUT2D eigenvalue weighted by Crippen LogP contribution is 2.26. The van der Waals surface area contributed by atoms with Crippen molar-refractivity contribution >= 4 is 21.8 Å². The lowest BCUT2D eigenvalue weighted by Gasteiger charge is -2.33. The maximum Gasteiger partial charge on any atom is 0.220 e. The van der Waals surface area contributed by atoms with Crippen molar-refractivity contribution in [3.8, 4) is 0 Å². The molecule has 0 aliphatic heterocycles. The molecule has 1 aliphatic rings. The summed E-state index contributed by atoms with van der Waals surface area (Å²) in [7, 11) is 0. The fourth-order valence-electron chi connectivity index (χ4n) is 1.70. The Hall–Kier alpha value is -0.0500. The lowest BCUT2D eigenvalue weighted by atomic mass is 9.82. The number of hydrogen-bond acceptors (Lipinski definition) is 1. The smallest absolute Gasteiger partial charge is 0.220 e. The molecular formula is C10H18BrNO. The van der Waals surface area contributed by atoms with Crippen LogP contribution in [-0.2, 0) is 4.79 Å². The molecule has 0 aromatic heterocycles. The van der Waals surface area contributed by atoms with Gasteiger partial charge in [0.15, 0.2) is 0 Å². The number of alkyl halides is 1. The maximum atomic E-state index is 11.3. The molecule has 0 spiro atoms. The third-order valence-electron chi connectivity index (χ3n) is 2.53. The average Bonchev–Trinajstić information content (AvgIpc) is 2.02. The van der Waals surface area contributed by atoms with E-state index in [1.54, 1.807) is 0 Å². The van der Waals surface area contributed by atoms with E-state index in [2.05, 4.69) is 28.2 Å². The molecule has 1 aliphatic carbocycles. The van der Waals surface area contributed by atoms with Gasteiger partial charge in [0, 0.05) is 17.8 Å². The van der Waals surface area contributed by atoms with Gasteiger partial charge in [-0.15, -0.1) is 0 Å². The van der Waals surface area contributed by atoms with Crippen LogP contribution in [0.4, 0.5) is 0 Å². The van der Waals surface area contributed by atoms with Gasteiger partial charge in [0.25, 0.3) is 0 Å². The number of carbonyl (C=O) groups is 1. The Bertz CT molecular complexity index is 166. The molecule has 2 nitrogen and oxygen atoms in total. The van der Waals surface area contributed by atoms with Crippen molar-refractivity contribution in [1.29, 1.82) is 0 Å². The molecule has 1 saturated carbocycles. The van der Waals surface area contributed by atoms with Gasteiger partial charge in [0.1, 0.15) is 0 Å². The molecule has 0 bridgehead atoms. The van der Waals surface area contributed by atoms with Crippen LogP contribution in [0.3, 0.4) is 0 Å². The van der Waals surface area contributed by atoms with Gasteiger partial charge in [-0.05, 0) is 31.6 Å². The highest BCUT2D eigenvalue weighted by molar-refractivity contribution is 9.09. The summed E-state index contributed by atoms with van der Waals surface area (Å²) in [4.78, 5) is 11.3. The predicted molar refractivity (Wildman–Crippen MR) is 58.0 cm³/mol. The predicted octanol–water partition coefficient (Wildman–Crippen LogP) is 2.47. The topological polar surface area (TPSA) is 29.1 Å². The molecule has 1 fully saturated rings. The van der Waals surface area contributed by atoms with Crippen LogP contribution in [0.25, 0.3) is 0 Å². The monoisotopic (exact) mass is 247 g/mol. The second-order valence-corrected chi connectivity index (χ2v) is 4.78. The van der Waals surface area contributed by atoms with Gasteiger partial charge in [0.2, 0.25) is 5.91 Å².